The van der Waals surface area contributed by atoms with Crippen molar-refractivity contribution in [3.8, 4) is 5.69 Å². The average Bonchev–Trinajstić information content (AvgIpc) is 3.08. The van der Waals surface area contributed by atoms with Gasteiger partial charge < -0.3 is 5.32 Å². The normalized spacial score (nSPS) is 13.1. The molecule has 11 heteroatoms. The lowest BCUT2D eigenvalue weighted by atomic mass is 10.0. The zero-order chi connectivity index (χ0) is 20.5. The zero-order valence-corrected chi connectivity index (χ0v) is 14.9. The number of nitrogens with one attached hydrogen (secondary N) is 1. The fourth-order valence-electron chi connectivity index (χ4n) is 3.27. The van der Waals surface area contributed by atoms with Crippen molar-refractivity contribution >= 4 is 23.8 Å². The number of carbonyl (C=O) groups excluding carboxylic acids is 2. The average molecular weight is 400 g/mol. The van der Waals surface area contributed by atoms with Gasteiger partial charge in [-0.05, 0) is 59.2 Å². The molecule has 2 amide bonds. The van der Waals surface area contributed by atoms with E-state index in [0.717, 1.165) is 23.8 Å². The zero-order valence-electron chi connectivity index (χ0n) is 14.9. The molecular formula is C18H14F2N6O3. The molecular weight excluding hydrogens is 386 g/mol. The number of aromatic nitrogens is 4. The first kappa shape index (κ1) is 18.5. The van der Waals surface area contributed by atoms with Crippen LogP contribution in [0.25, 0.3) is 5.69 Å². The van der Waals surface area contributed by atoms with Gasteiger partial charge in [-0.25, -0.2) is 18.4 Å². The standard InChI is InChI=1S/C18H14F2N6O3/c19-13-4-1-5-14(20)16(13)25-18(29)26(23-22-25)17(28)24-8-2-3-11-9-12(21-10-27)6-7-15(11)24/h1,4-7,9-10H,2-3,8H2,(H,21,27). The van der Waals surface area contributed by atoms with Gasteiger partial charge in [0.25, 0.3) is 0 Å². The van der Waals surface area contributed by atoms with Crippen LogP contribution in [0.4, 0.5) is 25.0 Å². The molecule has 29 heavy (non-hydrogen) atoms. The van der Waals surface area contributed by atoms with Gasteiger partial charge in [0.15, 0.2) is 11.6 Å². The van der Waals surface area contributed by atoms with Gasteiger partial charge in [0.2, 0.25) is 6.41 Å². The predicted octanol–water partition coefficient (Wildman–Crippen LogP) is 1.70. The molecule has 0 aliphatic carbocycles. The van der Waals surface area contributed by atoms with E-state index in [1.54, 1.807) is 18.2 Å². The second-order valence-electron chi connectivity index (χ2n) is 6.30. The van der Waals surface area contributed by atoms with Crippen molar-refractivity contribution in [1.29, 1.82) is 0 Å². The summed E-state index contributed by atoms with van der Waals surface area (Å²) in [5.74, 6) is -2.02. The molecule has 2 heterocycles. The van der Waals surface area contributed by atoms with Crippen LogP contribution < -0.4 is 15.9 Å². The molecule has 0 saturated carbocycles. The fourth-order valence-corrected chi connectivity index (χ4v) is 3.27. The number of benzene rings is 2. The lowest BCUT2D eigenvalue weighted by Gasteiger charge is -2.28. The van der Waals surface area contributed by atoms with Gasteiger partial charge in [-0.2, -0.15) is 4.68 Å². The van der Waals surface area contributed by atoms with E-state index in [4.69, 9.17) is 0 Å². The summed E-state index contributed by atoms with van der Waals surface area (Å²) in [6, 6.07) is 7.28. The maximum absolute atomic E-state index is 14.0. The van der Waals surface area contributed by atoms with E-state index >= 15 is 0 Å². The van der Waals surface area contributed by atoms with Gasteiger partial charge in [0.1, 0.15) is 5.69 Å². The number of fused-ring (bicyclic) bond motifs is 1. The van der Waals surface area contributed by atoms with Gasteiger partial charge in [-0.1, -0.05) is 6.07 Å². The summed E-state index contributed by atoms with van der Waals surface area (Å²) in [5.41, 5.74) is 0.130. The van der Waals surface area contributed by atoms with Crippen molar-refractivity contribution < 1.29 is 18.4 Å². The number of aryl methyl sites for hydroxylation is 1. The Bertz CT molecular complexity index is 1150. The van der Waals surface area contributed by atoms with E-state index in [9.17, 15) is 23.2 Å². The lowest BCUT2D eigenvalue weighted by molar-refractivity contribution is -0.105. The van der Waals surface area contributed by atoms with Crippen LogP contribution in [-0.4, -0.2) is 38.8 Å². The molecule has 1 aliphatic rings. The fraction of sp³-hybridized carbons (Fsp3) is 0.167. The number of halogens is 2. The van der Waals surface area contributed by atoms with Gasteiger partial charge in [-0.3, -0.25) is 9.69 Å². The molecule has 0 atom stereocenters. The van der Waals surface area contributed by atoms with Crippen molar-refractivity contribution in [3.05, 3.63) is 64.1 Å². The quantitative estimate of drug-likeness (QED) is 0.533. The summed E-state index contributed by atoms with van der Waals surface area (Å²) in [6.45, 7) is 0.319. The third-order valence-corrected chi connectivity index (χ3v) is 4.57. The molecule has 1 aliphatic heterocycles. The number of hydrogen-bond acceptors (Lipinski definition) is 5. The minimum Gasteiger partial charge on any atom is -0.329 e. The smallest absolute Gasteiger partial charge is 0.329 e. The second kappa shape index (κ2) is 7.26. The van der Waals surface area contributed by atoms with Crippen molar-refractivity contribution in [1.82, 2.24) is 19.8 Å². The molecule has 4 rings (SSSR count). The van der Waals surface area contributed by atoms with Crippen LogP contribution in [0, 0.1) is 11.6 Å². The van der Waals surface area contributed by atoms with E-state index in [2.05, 4.69) is 15.7 Å². The summed E-state index contributed by atoms with van der Waals surface area (Å²) < 4.78 is 28.8. The Hall–Kier alpha value is -3.89. The van der Waals surface area contributed by atoms with Crippen molar-refractivity contribution in [3.63, 3.8) is 0 Å². The SMILES string of the molecule is O=CNc1ccc2c(c1)CCCN2C(=O)n1nnn(-c2c(F)cccc2F)c1=O. The molecule has 3 aromatic rings. The summed E-state index contributed by atoms with van der Waals surface area (Å²) in [7, 11) is 0. The largest absolute Gasteiger partial charge is 0.377 e. The number of carbonyl (C=O) groups is 2. The van der Waals surface area contributed by atoms with E-state index in [0.29, 0.717) is 46.5 Å². The van der Waals surface area contributed by atoms with Crippen molar-refractivity contribution in [2.45, 2.75) is 12.8 Å². The Balaban J connectivity index is 1.72. The topological polar surface area (TPSA) is 102 Å². The first-order valence-electron chi connectivity index (χ1n) is 8.65. The van der Waals surface area contributed by atoms with Crippen LogP contribution in [0.5, 0.6) is 0 Å². The molecule has 0 bridgehead atoms. The first-order chi connectivity index (χ1) is 14.0. The summed E-state index contributed by atoms with van der Waals surface area (Å²) in [6.07, 6.45) is 1.84. The van der Waals surface area contributed by atoms with Crippen LogP contribution in [0.2, 0.25) is 0 Å². The number of amides is 2. The van der Waals surface area contributed by atoms with Crippen LogP contribution in [0.1, 0.15) is 12.0 Å². The minimum absolute atomic E-state index is 0.319. The Morgan fingerprint density at radius 3 is 2.62 bits per heavy atom. The van der Waals surface area contributed by atoms with Gasteiger partial charge in [0, 0.05) is 17.9 Å². The number of hydrogen-bond donors (Lipinski definition) is 1. The molecule has 0 unspecified atom stereocenters. The highest BCUT2D eigenvalue weighted by molar-refractivity contribution is 5.94. The van der Waals surface area contributed by atoms with Crippen molar-refractivity contribution in [2.75, 3.05) is 16.8 Å². The van der Waals surface area contributed by atoms with Crippen LogP contribution >= 0.6 is 0 Å². The maximum atomic E-state index is 14.0. The van der Waals surface area contributed by atoms with Crippen LogP contribution in [0.3, 0.4) is 0 Å². The molecule has 148 valence electrons. The minimum atomic E-state index is -1.09. The molecule has 2 aromatic carbocycles. The molecule has 0 spiro atoms. The number of anilines is 2. The van der Waals surface area contributed by atoms with E-state index in [1.165, 1.54) is 4.90 Å². The Morgan fingerprint density at radius 1 is 1.14 bits per heavy atom. The summed E-state index contributed by atoms with van der Waals surface area (Å²) in [5, 5.41) is 9.50. The molecule has 0 fully saturated rings. The van der Waals surface area contributed by atoms with Gasteiger partial charge >= 0.3 is 11.7 Å². The Morgan fingerprint density at radius 2 is 1.90 bits per heavy atom. The molecule has 0 saturated heterocycles. The third kappa shape index (κ3) is 3.16. The number of rotatable bonds is 3. The van der Waals surface area contributed by atoms with E-state index in [1.807, 2.05) is 0 Å². The summed E-state index contributed by atoms with van der Waals surface area (Å²) >= 11 is 0. The summed E-state index contributed by atoms with van der Waals surface area (Å²) in [4.78, 5) is 37.5. The van der Waals surface area contributed by atoms with Crippen molar-refractivity contribution in [2.24, 2.45) is 0 Å². The van der Waals surface area contributed by atoms with E-state index in [-0.39, 0.29) is 0 Å². The second-order valence-corrected chi connectivity index (χ2v) is 6.30. The molecule has 1 N–H and O–H groups in total. The number of para-hydroxylation sites is 1. The molecule has 0 radical (unpaired) electrons. The molecule has 9 nitrogen and oxygen atoms in total. The third-order valence-electron chi connectivity index (χ3n) is 4.57. The van der Waals surface area contributed by atoms with Crippen LogP contribution in [0.15, 0.2) is 41.2 Å². The monoisotopic (exact) mass is 400 g/mol. The van der Waals surface area contributed by atoms with E-state index < -0.39 is 29.0 Å². The number of tetrazole rings is 1. The predicted molar refractivity (Wildman–Crippen MR) is 98.1 cm³/mol. The van der Waals surface area contributed by atoms with Gasteiger partial charge in [0.05, 0.1) is 0 Å². The van der Waals surface area contributed by atoms with Crippen LogP contribution in [-0.2, 0) is 11.2 Å². The lowest BCUT2D eigenvalue weighted by Crippen LogP contribution is -2.43. The van der Waals surface area contributed by atoms with Gasteiger partial charge in [-0.15, -0.1) is 4.68 Å². The number of nitrogens with zero attached hydrogens (tertiary/aromatic N) is 5. The highest BCUT2D eigenvalue weighted by atomic mass is 19.1. The molecule has 1 aromatic heterocycles. The Kier molecular flexibility index (Phi) is 4.63. The highest BCUT2D eigenvalue weighted by Crippen LogP contribution is 2.30. The highest BCUT2D eigenvalue weighted by Gasteiger charge is 2.28. The Labute approximate surface area is 162 Å². The maximum Gasteiger partial charge on any atom is 0.377 e. The first-order valence-corrected chi connectivity index (χ1v) is 8.65.